The van der Waals surface area contributed by atoms with E-state index in [0.29, 0.717) is 5.92 Å². The Bertz CT molecular complexity index is 774. The molecule has 0 aliphatic carbocycles. The van der Waals surface area contributed by atoms with Crippen LogP contribution in [0.5, 0.6) is 0 Å². The number of imidazole rings is 1. The third-order valence-corrected chi connectivity index (χ3v) is 4.75. The van der Waals surface area contributed by atoms with Crippen LogP contribution in [0.1, 0.15) is 30.1 Å². The summed E-state index contributed by atoms with van der Waals surface area (Å²) in [6.45, 7) is 6.39. The average molecular weight is 309 g/mol. The Morgan fingerprint density at radius 3 is 3.13 bits per heavy atom. The van der Waals surface area contributed by atoms with Crippen LogP contribution in [0.4, 0.5) is 0 Å². The van der Waals surface area contributed by atoms with Gasteiger partial charge in [0, 0.05) is 31.4 Å². The zero-order valence-electron chi connectivity index (χ0n) is 13.6. The molecule has 0 spiro atoms. The van der Waals surface area contributed by atoms with Crippen molar-refractivity contribution in [1.82, 2.24) is 24.6 Å². The van der Waals surface area contributed by atoms with Crippen LogP contribution in [0.15, 0.2) is 36.7 Å². The van der Waals surface area contributed by atoms with Crippen molar-refractivity contribution in [2.45, 2.75) is 32.2 Å². The number of nitrogens with zero attached hydrogens (tertiary/aromatic N) is 4. The Balaban J connectivity index is 1.45. The number of aromatic amines is 1. The summed E-state index contributed by atoms with van der Waals surface area (Å²) in [7, 11) is 0. The summed E-state index contributed by atoms with van der Waals surface area (Å²) in [5.41, 5.74) is 3.52. The van der Waals surface area contributed by atoms with Gasteiger partial charge in [0.1, 0.15) is 5.82 Å². The number of aryl methyl sites for hydroxylation is 1. The molecule has 0 saturated carbocycles. The Morgan fingerprint density at radius 2 is 2.26 bits per heavy atom. The lowest BCUT2D eigenvalue weighted by Crippen LogP contribution is -2.36. The summed E-state index contributed by atoms with van der Waals surface area (Å²) in [4.78, 5) is 10.9. The fourth-order valence-electron chi connectivity index (χ4n) is 3.49. The number of hydrogen-bond donors (Lipinski definition) is 1. The lowest BCUT2D eigenvalue weighted by molar-refractivity contribution is 0.195. The minimum atomic E-state index is 0.508. The van der Waals surface area contributed by atoms with Crippen LogP contribution >= 0.6 is 0 Å². The van der Waals surface area contributed by atoms with Gasteiger partial charge in [0.15, 0.2) is 0 Å². The number of likely N-dealkylation sites (tertiary alicyclic amines) is 1. The number of fused-ring (bicyclic) bond motifs is 1. The SMILES string of the molecule is Cc1ccc2nc([C@H]3CCCN(CCn4cccn4)C3)[nH]c2c1. The predicted molar refractivity (Wildman–Crippen MR) is 91.5 cm³/mol. The van der Waals surface area contributed by atoms with E-state index >= 15 is 0 Å². The van der Waals surface area contributed by atoms with Crippen LogP contribution in [0, 0.1) is 6.92 Å². The van der Waals surface area contributed by atoms with E-state index in [-0.39, 0.29) is 0 Å². The van der Waals surface area contributed by atoms with Crippen molar-refractivity contribution in [3.63, 3.8) is 0 Å². The van der Waals surface area contributed by atoms with Crippen molar-refractivity contribution in [2.75, 3.05) is 19.6 Å². The molecule has 0 unspecified atom stereocenters. The molecule has 0 radical (unpaired) electrons. The van der Waals surface area contributed by atoms with Crippen LogP contribution in [-0.2, 0) is 6.54 Å². The molecule has 23 heavy (non-hydrogen) atoms. The second-order valence-corrected chi connectivity index (χ2v) is 6.55. The van der Waals surface area contributed by atoms with Gasteiger partial charge in [-0.2, -0.15) is 5.10 Å². The van der Waals surface area contributed by atoms with Gasteiger partial charge in [0.05, 0.1) is 17.6 Å². The van der Waals surface area contributed by atoms with E-state index in [1.165, 1.54) is 24.9 Å². The van der Waals surface area contributed by atoms with Crippen LogP contribution in [0.2, 0.25) is 0 Å². The van der Waals surface area contributed by atoms with Gasteiger partial charge in [-0.25, -0.2) is 4.98 Å². The van der Waals surface area contributed by atoms with Crippen LogP contribution in [0.3, 0.4) is 0 Å². The molecule has 5 nitrogen and oxygen atoms in total. The Morgan fingerprint density at radius 1 is 1.30 bits per heavy atom. The van der Waals surface area contributed by atoms with E-state index in [1.54, 1.807) is 0 Å². The maximum atomic E-state index is 4.82. The van der Waals surface area contributed by atoms with E-state index in [1.807, 2.05) is 23.1 Å². The van der Waals surface area contributed by atoms with Crippen molar-refractivity contribution in [2.24, 2.45) is 0 Å². The highest BCUT2D eigenvalue weighted by Gasteiger charge is 2.23. The largest absolute Gasteiger partial charge is 0.342 e. The summed E-state index contributed by atoms with van der Waals surface area (Å²) in [5.74, 6) is 1.66. The number of rotatable bonds is 4. The lowest BCUT2D eigenvalue weighted by atomic mass is 9.97. The zero-order chi connectivity index (χ0) is 15.6. The summed E-state index contributed by atoms with van der Waals surface area (Å²) in [6.07, 6.45) is 6.33. The maximum absolute atomic E-state index is 4.82. The molecule has 5 heteroatoms. The third kappa shape index (κ3) is 3.15. The first-order chi connectivity index (χ1) is 11.3. The molecule has 0 bridgehead atoms. The second-order valence-electron chi connectivity index (χ2n) is 6.55. The molecule has 0 amide bonds. The molecule has 1 atom stereocenters. The topological polar surface area (TPSA) is 49.7 Å². The smallest absolute Gasteiger partial charge is 0.111 e. The van der Waals surface area contributed by atoms with E-state index in [4.69, 9.17) is 4.98 Å². The molecule has 1 N–H and O–H groups in total. The summed E-state index contributed by atoms with van der Waals surface area (Å²) in [5, 5.41) is 4.29. The number of benzene rings is 1. The highest BCUT2D eigenvalue weighted by atomic mass is 15.3. The molecule has 120 valence electrons. The highest BCUT2D eigenvalue weighted by molar-refractivity contribution is 5.75. The fourth-order valence-corrected chi connectivity index (χ4v) is 3.49. The Labute approximate surface area is 136 Å². The number of H-pyrrole nitrogens is 1. The maximum Gasteiger partial charge on any atom is 0.111 e. The van der Waals surface area contributed by atoms with Gasteiger partial charge < -0.3 is 9.88 Å². The van der Waals surface area contributed by atoms with E-state index in [2.05, 4.69) is 40.1 Å². The number of piperidine rings is 1. The van der Waals surface area contributed by atoms with Crippen molar-refractivity contribution >= 4 is 11.0 Å². The van der Waals surface area contributed by atoms with Gasteiger partial charge in [0.2, 0.25) is 0 Å². The molecule has 1 fully saturated rings. The van der Waals surface area contributed by atoms with Crippen molar-refractivity contribution in [1.29, 1.82) is 0 Å². The number of hydrogen-bond acceptors (Lipinski definition) is 3. The molecule has 1 aliphatic rings. The summed E-state index contributed by atoms with van der Waals surface area (Å²) < 4.78 is 2.01. The van der Waals surface area contributed by atoms with Gasteiger partial charge in [-0.3, -0.25) is 4.68 Å². The summed E-state index contributed by atoms with van der Waals surface area (Å²) in [6, 6.07) is 8.41. The van der Waals surface area contributed by atoms with E-state index < -0.39 is 0 Å². The molecule has 1 saturated heterocycles. The number of aromatic nitrogens is 4. The first-order valence-electron chi connectivity index (χ1n) is 8.44. The lowest BCUT2D eigenvalue weighted by Gasteiger charge is -2.31. The summed E-state index contributed by atoms with van der Waals surface area (Å²) >= 11 is 0. The minimum absolute atomic E-state index is 0.508. The first kappa shape index (κ1) is 14.5. The average Bonchev–Trinajstić information content (AvgIpc) is 3.22. The third-order valence-electron chi connectivity index (χ3n) is 4.75. The molecule has 1 aromatic carbocycles. The van der Waals surface area contributed by atoms with Crippen molar-refractivity contribution in [3.8, 4) is 0 Å². The quantitative estimate of drug-likeness (QED) is 0.806. The van der Waals surface area contributed by atoms with Gasteiger partial charge in [-0.1, -0.05) is 6.07 Å². The second kappa shape index (κ2) is 6.16. The fraction of sp³-hybridized carbons (Fsp3) is 0.444. The standard InChI is InChI=1S/C18H23N5/c1-14-5-6-16-17(12-14)21-18(20-16)15-4-2-8-22(13-15)10-11-23-9-3-7-19-23/h3,5-7,9,12,15H,2,4,8,10-11,13H2,1H3,(H,20,21)/t15-/m0/s1. The van der Waals surface area contributed by atoms with Gasteiger partial charge >= 0.3 is 0 Å². The predicted octanol–water partition coefficient (Wildman–Crippen LogP) is 2.95. The van der Waals surface area contributed by atoms with Gasteiger partial charge in [-0.05, 0) is 50.1 Å². The zero-order valence-corrected chi connectivity index (χ0v) is 13.6. The van der Waals surface area contributed by atoms with Gasteiger partial charge in [-0.15, -0.1) is 0 Å². The van der Waals surface area contributed by atoms with Gasteiger partial charge in [0.25, 0.3) is 0 Å². The Hall–Kier alpha value is -2.14. The molecular weight excluding hydrogens is 286 g/mol. The van der Waals surface area contributed by atoms with E-state index in [9.17, 15) is 0 Å². The highest BCUT2D eigenvalue weighted by Crippen LogP contribution is 2.27. The van der Waals surface area contributed by atoms with Crippen LogP contribution in [-0.4, -0.2) is 44.3 Å². The van der Waals surface area contributed by atoms with Crippen molar-refractivity contribution in [3.05, 3.63) is 48.0 Å². The first-order valence-corrected chi connectivity index (χ1v) is 8.44. The molecular formula is C18H23N5. The monoisotopic (exact) mass is 309 g/mol. The number of nitrogens with one attached hydrogen (secondary N) is 1. The molecule has 2 aromatic heterocycles. The molecule has 4 rings (SSSR count). The molecule has 1 aliphatic heterocycles. The minimum Gasteiger partial charge on any atom is -0.342 e. The Kier molecular flexibility index (Phi) is 3.87. The molecule has 3 aromatic rings. The van der Waals surface area contributed by atoms with Crippen LogP contribution in [0.25, 0.3) is 11.0 Å². The normalized spacial score (nSPS) is 19.4. The van der Waals surface area contributed by atoms with Crippen molar-refractivity contribution < 1.29 is 0 Å². The van der Waals surface area contributed by atoms with E-state index in [0.717, 1.165) is 36.5 Å². The molecule has 3 heterocycles. The van der Waals surface area contributed by atoms with Crippen LogP contribution < -0.4 is 0 Å².